The highest BCUT2D eigenvalue weighted by molar-refractivity contribution is 7.89. The summed E-state index contributed by atoms with van der Waals surface area (Å²) in [4.78, 5) is 0.104. The lowest BCUT2D eigenvalue weighted by Gasteiger charge is -2.21. The molecule has 116 valence electrons. The van der Waals surface area contributed by atoms with Crippen LogP contribution in [0.3, 0.4) is 0 Å². The molecule has 0 radical (unpaired) electrons. The molecule has 0 amide bonds. The third kappa shape index (κ3) is 3.60. The van der Waals surface area contributed by atoms with Gasteiger partial charge in [-0.1, -0.05) is 29.3 Å². The van der Waals surface area contributed by atoms with Gasteiger partial charge in [-0.2, -0.15) is 4.31 Å². The first kappa shape index (κ1) is 16.8. The van der Waals surface area contributed by atoms with Crippen LogP contribution in [0.5, 0.6) is 0 Å². The van der Waals surface area contributed by atoms with E-state index in [1.807, 2.05) is 0 Å². The second kappa shape index (κ2) is 6.67. The third-order valence-electron chi connectivity index (χ3n) is 3.32. The maximum atomic E-state index is 12.8. The minimum absolute atomic E-state index is 0.0486. The van der Waals surface area contributed by atoms with Crippen molar-refractivity contribution in [3.8, 4) is 0 Å². The van der Waals surface area contributed by atoms with Crippen molar-refractivity contribution in [3.05, 3.63) is 40.4 Å². The van der Waals surface area contributed by atoms with Crippen molar-refractivity contribution in [1.82, 2.24) is 9.62 Å². The molecule has 7 heteroatoms. The summed E-state index contributed by atoms with van der Waals surface area (Å²) in [6.07, 6.45) is 3.34. The number of nitrogens with one attached hydrogen (secondary N) is 1. The zero-order chi connectivity index (χ0) is 15.6. The second-order valence-electron chi connectivity index (χ2n) is 5.00. The molecule has 4 nitrogen and oxygen atoms in total. The minimum atomic E-state index is -3.64. The average molecular weight is 349 g/mol. The van der Waals surface area contributed by atoms with Crippen LogP contribution in [0.15, 0.2) is 29.7 Å². The molecule has 1 aliphatic carbocycles. The number of rotatable bonds is 7. The standard InChI is InChI=1S/C14H18Cl2N2O2S/c1-3-6-18(11-4-5-11)21(19,20)14-7-10(9-17-2)12(15)8-13(14)16/h3,7-8,11,17H,1,4-6,9H2,2H3. The van der Waals surface area contributed by atoms with Gasteiger partial charge in [0.25, 0.3) is 0 Å². The fourth-order valence-electron chi connectivity index (χ4n) is 2.15. The maximum Gasteiger partial charge on any atom is 0.245 e. The molecular weight excluding hydrogens is 331 g/mol. The monoisotopic (exact) mass is 348 g/mol. The molecule has 0 saturated heterocycles. The molecule has 1 aliphatic rings. The van der Waals surface area contributed by atoms with Gasteiger partial charge in [-0.15, -0.1) is 6.58 Å². The predicted octanol–water partition coefficient (Wildman–Crippen LogP) is 3.05. The first-order valence-electron chi connectivity index (χ1n) is 6.67. The number of sulfonamides is 1. The Hall–Kier alpha value is -0.590. The van der Waals surface area contributed by atoms with Gasteiger partial charge in [0.2, 0.25) is 10.0 Å². The summed E-state index contributed by atoms with van der Waals surface area (Å²) >= 11 is 12.2. The van der Waals surface area contributed by atoms with Crippen molar-refractivity contribution in [2.24, 2.45) is 0 Å². The Bertz CT molecular complexity index is 643. The first-order chi connectivity index (χ1) is 9.91. The molecule has 21 heavy (non-hydrogen) atoms. The van der Waals surface area contributed by atoms with Crippen molar-refractivity contribution in [1.29, 1.82) is 0 Å². The van der Waals surface area contributed by atoms with Crippen LogP contribution >= 0.6 is 23.2 Å². The molecule has 0 aromatic heterocycles. The molecule has 1 aromatic carbocycles. The molecule has 0 atom stereocenters. The Labute approximate surface area is 135 Å². The molecule has 1 aromatic rings. The van der Waals surface area contributed by atoms with E-state index in [2.05, 4.69) is 11.9 Å². The van der Waals surface area contributed by atoms with Crippen LogP contribution in [0, 0.1) is 0 Å². The van der Waals surface area contributed by atoms with E-state index in [1.54, 1.807) is 19.2 Å². The van der Waals surface area contributed by atoms with Gasteiger partial charge in [0.05, 0.1) is 5.02 Å². The summed E-state index contributed by atoms with van der Waals surface area (Å²) < 4.78 is 27.1. The van der Waals surface area contributed by atoms with E-state index < -0.39 is 10.0 Å². The molecule has 1 fully saturated rings. The Morgan fingerprint density at radius 3 is 2.57 bits per heavy atom. The Kier molecular flexibility index (Phi) is 5.33. The van der Waals surface area contributed by atoms with Crippen LogP contribution < -0.4 is 5.32 Å². The van der Waals surface area contributed by atoms with Gasteiger partial charge < -0.3 is 5.32 Å². The highest BCUT2D eigenvalue weighted by atomic mass is 35.5. The van der Waals surface area contributed by atoms with Crippen molar-refractivity contribution >= 4 is 33.2 Å². The second-order valence-corrected chi connectivity index (χ2v) is 7.67. The molecule has 0 unspecified atom stereocenters. The van der Waals surface area contributed by atoms with Gasteiger partial charge in [-0.25, -0.2) is 8.42 Å². The van der Waals surface area contributed by atoms with Gasteiger partial charge in [-0.05, 0) is 37.6 Å². The first-order valence-corrected chi connectivity index (χ1v) is 8.86. The molecule has 1 saturated carbocycles. The summed E-state index contributed by atoms with van der Waals surface area (Å²) in [6, 6.07) is 3.09. The predicted molar refractivity (Wildman–Crippen MR) is 86.3 cm³/mol. The summed E-state index contributed by atoms with van der Waals surface area (Å²) in [5, 5.41) is 3.56. The SMILES string of the molecule is C=CCN(C1CC1)S(=O)(=O)c1cc(CNC)c(Cl)cc1Cl. The number of halogens is 2. The molecule has 0 spiro atoms. The van der Waals surface area contributed by atoms with Gasteiger partial charge >= 0.3 is 0 Å². The maximum absolute atomic E-state index is 12.8. The Balaban J connectivity index is 2.47. The van der Waals surface area contributed by atoms with Crippen molar-refractivity contribution in [2.75, 3.05) is 13.6 Å². The fourth-order valence-corrected chi connectivity index (χ4v) is 4.65. The number of benzene rings is 1. The van der Waals surface area contributed by atoms with Gasteiger partial charge in [-0.3, -0.25) is 0 Å². The van der Waals surface area contributed by atoms with Gasteiger partial charge in [0.1, 0.15) is 4.90 Å². The molecule has 0 bridgehead atoms. The van der Waals surface area contributed by atoms with E-state index in [0.717, 1.165) is 12.8 Å². The highest BCUT2D eigenvalue weighted by Gasteiger charge is 2.38. The Morgan fingerprint density at radius 2 is 2.05 bits per heavy atom. The minimum Gasteiger partial charge on any atom is -0.316 e. The van der Waals surface area contributed by atoms with Crippen molar-refractivity contribution in [2.45, 2.75) is 30.3 Å². The van der Waals surface area contributed by atoms with Crippen LogP contribution in [-0.2, 0) is 16.6 Å². The van der Waals surface area contributed by atoms with Crippen LogP contribution in [0.2, 0.25) is 10.0 Å². The summed E-state index contributed by atoms with van der Waals surface area (Å²) in [7, 11) is -1.87. The number of hydrogen-bond donors (Lipinski definition) is 1. The van der Waals surface area contributed by atoms with E-state index in [1.165, 1.54) is 10.4 Å². The Morgan fingerprint density at radius 1 is 1.38 bits per heavy atom. The number of hydrogen-bond acceptors (Lipinski definition) is 3. The largest absolute Gasteiger partial charge is 0.316 e. The van der Waals surface area contributed by atoms with Crippen LogP contribution in [0.1, 0.15) is 18.4 Å². The lowest BCUT2D eigenvalue weighted by molar-refractivity contribution is 0.436. The topological polar surface area (TPSA) is 49.4 Å². The lowest BCUT2D eigenvalue weighted by Crippen LogP contribution is -2.33. The van der Waals surface area contributed by atoms with E-state index in [4.69, 9.17) is 23.2 Å². The molecular formula is C14H18Cl2N2O2S. The van der Waals surface area contributed by atoms with Crippen molar-refractivity contribution < 1.29 is 8.42 Å². The molecule has 0 aliphatic heterocycles. The van der Waals surface area contributed by atoms with Crippen molar-refractivity contribution in [3.63, 3.8) is 0 Å². The van der Waals surface area contributed by atoms with E-state index in [9.17, 15) is 8.42 Å². The van der Waals surface area contributed by atoms with Gasteiger partial charge in [0.15, 0.2) is 0 Å². The quantitative estimate of drug-likeness (QED) is 0.770. The molecule has 0 heterocycles. The zero-order valence-electron chi connectivity index (χ0n) is 11.8. The van der Waals surface area contributed by atoms with E-state index in [-0.39, 0.29) is 22.5 Å². The summed E-state index contributed by atoms with van der Waals surface area (Å²) in [6.45, 7) is 4.39. The lowest BCUT2D eigenvalue weighted by atomic mass is 10.2. The molecule has 2 rings (SSSR count). The van der Waals surface area contributed by atoms with Crippen LogP contribution in [-0.4, -0.2) is 32.4 Å². The number of nitrogens with zero attached hydrogens (tertiary/aromatic N) is 1. The zero-order valence-corrected chi connectivity index (χ0v) is 14.1. The van der Waals surface area contributed by atoms with E-state index in [0.29, 0.717) is 17.1 Å². The fraction of sp³-hybridized carbons (Fsp3) is 0.429. The normalized spacial score (nSPS) is 15.4. The molecule has 1 N–H and O–H groups in total. The summed E-state index contributed by atoms with van der Waals surface area (Å²) in [5.41, 5.74) is 0.705. The van der Waals surface area contributed by atoms with Crippen LogP contribution in [0.4, 0.5) is 0 Å². The third-order valence-corrected chi connectivity index (χ3v) is 6.05. The van der Waals surface area contributed by atoms with E-state index >= 15 is 0 Å². The summed E-state index contributed by atoms with van der Waals surface area (Å²) in [5.74, 6) is 0. The van der Waals surface area contributed by atoms with Gasteiger partial charge in [0, 0.05) is 24.2 Å². The van der Waals surface area contributed by atoms with Crippen LogP contribution in [0.25, 0.3) is 0 Å². The highest BCUT2D eigenvalue weighted by Crippen LogP contribution is 2.36. The smallest absolute Gasteiger partial charge is 0.245 e. The average Bonchev–Trinajstić information content (AvgIpc) is 3.23.